The number of ketones is 1. The van der Waals surface area contributed by atoms with Gasteiger partial charge in [-0.05, 0) is 62.4 Å². The molecule has 1 fully saturated rings. The number of aromatic nitrogens is 1. The van der Waals surface area contributed by atoms with Gasteiger partial charge in [-0.1, -0.05) is 13.0 Å². The van der Waals surface area contributed by atoms with Crippen molar-refractivity contribution < 1.29 is 32.7 Å². The molecule has 0 bridgehead atoms. The van der Waals surface area contributed by atoms with E-state index in [1.807, 2.05) is 6.92 Å². The lowest BCUT2D eigenvalue weighted by atomic mass is 10.1. The van der Waals surface area contributed by atoms with Crippen LogP contribution in [-0.2, 0) is 20.9 Å². The van der Waals surface area contributed by atoms with Crippen LogP contribution < -0.4 is 5.32 Å². The summed E-state index contributed by atoms with van der Waals surface area (Å²) in [6.07, 6.45) is 4.18. The Balaban J connectivity index is 1.70. The second-order valence-electron chi connectivity index (χ2n) is 9.29. The minimum Gasteiger partial charge on any atom is -0.465 e. The number of carbonyl (C=O) groups excluding carboxylic acids is 4. The summed E-state index contributed by atoms with van der Waals surface area (Å²) in [6, 6.07) is 7.82. The van der Waals surface area contributed by atoms with Gasteiger partial charge in [0.05, 0.1) is 17.7 Å². The third-order valence-corrected chi connectivity index (χ3v) is 6.34. The third kappa shape index (κ3) is 5.90. The van der Waals surface area contributed by atoms with Gasteiger partial charge in [-0.15, -0.1) is 0 Å². The summed E-state index contributed by atoms with van der Waals surface area (Å²) in [5.74, 6) is -4.80. The van der Waals surface area contributed by atoms with E-state index in [9.17, 15) is 28.0 Å². The highest BCUT2D eigenvalue weighted by atomic mass is 19.2. The molecule has 0 spiro atoms. The average molecular weight is 526 g/mol. The van der Waals surface area contributed by atoms with Crippen molar-refractivity contribution in [3.63, 3.8) is 0 Å². The maximum absolute atomic E-state index is 14.1. The molecule has 0 saturated heterocycles. The first-order valence-corrected chi connectivity index (χ1v) is 12.6. The molecular formula is C28H29F2N3O5. The Labute approximate surface area is 218 Å². The molecule has 0 aliphatic heterocycles. The fourth-order valence-corrected chi connectivity index (χ4v) is 4.33. The first kappa shape index (κ1) is 27.0. The van der Waals surface area contributed by atoms with Crippen LogP contribution in [0.4, 0.5) is 14.5 Å². The number of hydrogen-bond donors (Lipinski definition) is 1. The van der Waals surface area contributed by atoms with Crippen molar-refractivity contribution >= 4 is 40.2 Å². The van der Waals surface area contributed by atoms with Crippen LogP contribution in [0.2, 0.25) is 0 Å². The quantitative estimate of drug-likeness (QED) is 0.225. The van der Waals surface area contributed by atoms with Gasteiger partial charge >= 0.3 is 5.97 Å². The molecular weight excluding hydrogens is 496 g/mol. The molecule has 200 valence electrons. The SMILES string of the molecule is CCCN(CC1CC1)C(=O)C(=O)c1cn(CC(=O)OCC)c2ccc(NC(=O)c3cccc(F)c3F)cc12. The Morgan fingerprint density at radius 2 is 1.84 bits per heavy atom. The molecule has 0 radical (unpaired) electrons. The van der Waals surface area contributed by atoms with Gasteiger partial charge < -0.3 is 19.5 Å². The zero-order chi connectivity index (χ0) is 27.4. The minimum atomic E-state index is -1.28. The van der Waals surface area contributed by atoms with Gasteiger partial charge in [0, 0.05) is 35.9 Å². The van der Waals surface area contributed by atoms with Crippen molar-refractivity contribution in [1.29, 1.82) is 0 Å². The largest absolute Gasteiger partial charge is 0.465 e. The summed E-state index contributed by atoms with van der Waals surface area (Å²) in [5.41, 5.74) is 0.254. The molecule has 0 unspecified atom stereocenters. The average Bonchev–Trinajstić information content (AvgIpc) is 3.64. The summed E-state index contributed by atoms with van der Waals surface area (Å²) in [6.45, 7) is 4.57. The first-order chi connectivity index (χ1) is 18.2. The van der Waals surface area contributed by atoms with Crippen molar-refractivity contribution in [2.45, 2.75) is 39.7 Å². The van der Waals surface area contributed by atoms with E-state index in [0.29, 0.717) is 36.3 Å². The lowest BCUT2D eigenvalue weighted by molar-refractivity contribution is -0.143. The van der Waals surface area contributed by atoms with E-state index in [4.69, 9.17) is 4.74 Å². The lowest BCUT2D eigenvalue weighted by Crippen LogP contribution is -2.38. The maximum atomic E-state index is 14.1. The van der Waals surface area contributed by atoms with Crippen molar-refractivity contribution in [1.82, 2.24) is 9.47 Å². The maximum Gasteiger partial charge on any atom is 0.325 e. The topological polar surface area (TPSA) is 97.7 Å². The number of esters is 1. The van der Waals surface area contributed by atoms with Crippen molar-refractivity contribution in [3.05, 3.63) is 65.4 Å². The molecule has 1 aromatic heterocycles. The van der Waals surface area contributed by atoms with E-state index in [-0.39, 0.29) is 24.4 Å². The van der Waals surface area contributed by atoms with Gasteiger partial charge in [0.2, 0.25) is 0 Å². The number of fused-ring (bicyclic) bond motifs is 1. The van der Waals surface area contributed by atoms with Gasteiger partial charge in [0.15, 0.2) is 11.6 Å². The van der Waals surface area contributed by atoms with E-state index >= 15 is 0 Å². The summed E-state index contributed by atoms with van der Waals surface area (Å²) >= 11 is 0. The highest BCUT2D eigenvalue weighted by Gasteiger charge is 2.31. The van der Waals surface area contributed by atoms with E-state index in [1.54, 1.807) is 17.9 Å². The smallest absolute Gasteiger partial charge is 0.325 e. The third-order valence-electron chi connectivity index (χ3n) is 6.34. The van der Waals surface area contributed by atoms with Crippen LogP contribution in [0.1, 0.15) is 53.8 Å². The van der Waals surface area contributed by atoms with Crippen molar-refractivity contribution in [2.24, 2.45) is 5.92 Å². The summed E-state index contributed by atoms with van der Waals surface area (Å²) in [5, 5.41) is 2.84. The number of hydrogen-bond acceptors (Lipinski definition) is 5. The number of benzene rings is 2. The highest BCUT2D eigenvalue weighted by Crippen LogP contribution is 2.31. The van der Waals surface area contributed by atoms with Crippen LogP contribution in [0.3, 0.4) is 0 Å². The van der Waals surface area contributed by atoms with Gasteiger partial charge in [0.1, 0.15) is 6.54 Å². The Kier molecular flexibility index (Phi) is 8.19. The molecule has 38 heavy (non-hydrogen) atoms. The molecule has 1 aliphatic carbocycles. The minimum absolute atomic E-state index is 0.0687. The Morgan fingerprint density at radius 3 is 2.53 bits per heavy atom. The predicted molar refractivity (Wildman–Crippen MR) is 137 cm³/mol. The molecule has 3 aromatic rings. The van der Waals surface area contributed by atoms with Crippen molar-refractivity contribution in [3.8, 4) is 0 Å². The molecule has 1 N–H and O–H groups in total. The number of amides is 2. The number of ether oxygens (including phenoxy) is 1. The summed E-state index contributed by atoms with van der Waals surface area (Å²) < 4.78 is 34.3. The number of nitrogens with zero attached hydrogens (tertiary/aromatic N) is 2. The lowest BCUT2D eigenvalue weighted by Gasteiger charge is -2.21. The fraction of sp³-hybridized carbons (Fsp3) is 0.357. The highest BCUT2D eigenvalue weighted by molar-refractivity contribution is 6.45. The zero-order valence-corrected chi connectivity index (χ0v) is 21.3. The summed E-state index contributed by atoms with van der Waals surface area (Å²) in [7, 11) is 0. The van der Waals surface area contributed by atoms with Gasteiger partial charge in [-0.2, -0.15) is 0 Å². The predicted octanol–water partition coefficient (Wildman–Crippen LogP) is 4.57. The van der Waals surface area contributed by atoms with Gasteiger partial charge in [-0.25, -0.2) is 8.78 Å². The van der Waals surface area contributed by atoms with Crippen LogP contribution in [0, 0.1) is 17.6 Å². The number of rotatable bonds is 11. The second kappa shape index (κ2) is 11.5. The number of nitrogens with one attached hydrogen (secondary N) is 1. The first-order valence-electron chi connectivity index (χ1n) is 12.6. The Hall–Kier alpha value is -4.08. The number of carbonyl (C=O) groups is 4. The second-order valence-corrected chi connectivity index (χ2v) is 9.29. The molecule has 10 heteroatoms. The monoisotopic (exact) mass is 525 g/mol. The van der Waals surface area contributed by atoms with Crippen LogP contribution in [0.5, 0.6) is 0 Å². The normalized spacial score (nSPS) is 12.8. The molecule has 2 aromatic carbocycles. The molecule has 1 heterocycles. The van der Waals surface area contributed by atoms with E-state index in [1.165, 1.54) is 29.0 Å². The van der Waals surface area contributed by atoms with Crippen LogP contribution in [0.15, 0.2) is 42.6 Å². The van der Waals surface area contributed by atoms with Gasteiger partial charge in [-0.3, -0.25) is 19.2 Å². The van der Waals surface area contributed by atoms with Crippen LogP contribution >= 0.6 is 0 Å². The molecule has 1 aliphatic rings. The molecule has 0 atom stereocenters. The number of Topliss-reactive ketones (excluding diaryl/α,β-unsaturated/α-hetero) is 1. The van der Waals surface area contributed by atoms with Crippen molar-refractivity contribution in [2.75, 3.05) is 25.0 Å². The standard InChI is InChI=1S/C28H29F2N3O5/c1-3-12-32(14-17-8-9-17)28(37)26(35)21-15-33(16-24(34)38-4-2)23-11-10-18(13-20(21)23)31-27(36)19-6-5-7-22(29)25(19)30/h5-7,10-11,13,15,17H,3-4,8-9,12,14,16H2,1-2H3,(H,31,36). The summed E-state index contributed by atoms with van der Waals surface area (Å²) in [4.78, 5) is 53.0. The Bertz CT molecular complexity index is 1400. The Morgan fingerprint density at radius 1 is 1.08 bits per heavy atom. The van der Waals surface area contributed by atoms with Gasteiger partial charge in [0.25, 0.3) is 17.6 Å². The molecule has 4 rings (SSSR count). The van der Waals surface area contributed by atoms with Crippen LogP contribution in [0.25, 0.3) is 10.9 Å². The number of anilines is 1. The van der Waals surface area contributed by atoms with E-state index < -0.39 is 40.8 Å². The molecule has 8 nitrogen and oxygen atoms in total. The molecule has 2 amide bonds. The molecule has 1 saturated carbocycles. The van der Waals surface area contributed by atoms with Crippen LogP contribution in [-0.4, -0.2) is 52.7 Å². The van der Waals surface area contributed by atoms with E-state index in [2.05, 4.69) is 5.32 Å². The number of halogens is 2. The zero-order valence-electron chi connectivity index (χ0n) is 21.3. The van der Waals surface area contributed by atoms with E-state index in [0.717, 1.165) is 25.0 Å². The fourth-order valence-electron chi connectivity index (χ4n) is 4.33.